The molecule has 1 aliphatic heterocycles. The van der Waals surface area contributed by atoms with Crippen molar-refractivity contribution in [2.75, 3.05) is 13.2 Å². The molecule has 0 N–H and O–H groups in total. The molecule has 0 radical (unpaired) electrons. The lowest BCUT2D eigenvalue weighted by Crippen LogP contribution is -2.35. The molecule has 1 heterocycles. The van der Waals surface area contributed by atoms with E-state index in [1.807, 2.05) is 13.0 Å². The summed E-state index contributed by atoms with van der Waals surface area (Å²) in [5.74, 6) is -1.15. The molecule has 0 aromatic rings. The molecule has 0 aromatic carbocycles. The van der Waals surface area contributed by atoms with Crippen LogP contribution in [0.15, 0.2) is 11.6 Å². The highest BCUT2D eigenvalue weighted by atomic mass is 16.5. The van der Waals surface area contributed by atoms with Crippen LogP contribution in [0.25, 0.3) is 0 Å². The van der Waals surface area contributed by atoms with Crippen molar-refractivity contribution in [2.24, 2.45) is 17.8 Å². The van der Waals surface area contributed by atoms with Crippen molar-refractivity contribution in [1.82, 2.24) is 0 Å². The monoisotopic (exact) mass is 224 g/mol. The zero-order valence-electron chi connectivity index (χ0n) is 9.56. The molecule has 0 amide bonds. The Morgan fingerprint density at radius 3 is 3.06 bits per heavy atom. The molecule has 0 saturated carbocycles. The first-order valence-corrected chi connectivity index (χ1v) is 5.65. The van der Waals surface area contributed by atoms with Gasteiger partial charge in [0.25, 0.3) is 0 Å². The average molecular weight is 224 g/mol. The lowest BCUT2D eigenvalue weighted by molar-refractivity contribution is -0.156. The summed E-state index contributed by atoms with van der Waals surface area (Å²) in [6.07, 6.45) is 2.60. The lowest BCUT2D eigenvalue weighted by Gasteiger charge is -2.27. The minimum atomic E-state index is -0.358. The van der Waals surface area contributed by atoms with Crippen LogP contribution < -0.4 is 0 Å². The van der Waals surface area contributed by atoms with Gasteiger partial charge in [0, 0.05) is 5.92 Å². The van der Waals surface area contributed by atoms with Crippen LogP contribution in [0.3, 0.4) is 0 Å². The third-order valence-corrected chi connectivity index (χ3v) is 3.41. The van der Waals surface area contributed by atoms with E-state index in [-0.39, 0.29) is 29.7 Å². The predicted octanol–water partition coefficient (Wildman–Crippen LogP) is 1.30. The minimum absolute atomic E-state index is 0.0654. The largest absolute Gasteiger partial charge is 0.466 e. The van der Waals surface area contributed by atoms with Crippen LogP contribution in [0.2, 0.25) is 0 Å². The Bertz CT molecular complexity index is 345. The molecule has 4 nitrogen and oxygen atoms in total. The quantitative estimate of drug-likeness (QED) is 0.524. The highest BCUT2D eigenvalue weighted by molar-refractivity contribution is 5.84. The van der Waals surface area contributed by atoms with Crippen LogP contribution in [-0.2, 0) is 19.1 Å². The van der Waals surface area contributed by atoms with E-state index in [1.165, 1.54) is 0 Å². The average Bonchev–Trinajstić information content (AvgIpc) is 2.63. The van der Waals surface area contributed by atoms with E-state index in [2.05, 4.69) is 0 Å². The molecule has 0 spiro atoms. The van der Waals surface area contributed by atoms with Crippen molar-refractivity contribution >= 4 is 11.9 Å². The maximum atomic E-state index is 11.7. The van der Waals surface area contributed by atoms with Crippen LogP contribution in [0.4, 0.5) is 0 Å². The van der Waals surface area contributed by atoms with Crippen LogP contribution >= 0.6 is 0 Å². The molecule has 2 aliphatic rings. The van der Waals surface area contributed by atoms with E-state index < -0.39 is 0 Å². The van der Waals surface area contributed by atoms with Crippen molar-refractivity contribution in [3.05, 3.63) is 11.6 Å². The van der Waals surface area contributed by atoms with Gasteiger partial charge in [-0.05, 0) is 20.3 Å². The summed E-state index contributed by atoms with van der Waals surface area (Å²) in [4.78, 5) is 23.3. The summed E-state index contributed by atoms with van der Waals surface area (Å²) < 4.78 is 10.0. The molecule has 4 heteroatoms. The van der Waals surface area contributed by atoms with Gasteiger partial charge in [-0.25, -0.2) is 0 Å². The number of fused-ring (bicyclic) bond motifs is 1. The normalized spacial score (nSPS) is 32.8. The topological polar surface area (TPSA) is 52.6 Å². The van der Waals surface area contributed by atoms with Gasteiger partial charge in [0.05, 0.1) is 25.0 Å². The number of carbonyl (C=O) groups is 2. The summed E-state index contributed by atoms with van der Waals surface area (Å²) in [6.45, 7) is 4.51. The number of hydrogen-bond acceptors (Lipinski definition) is 4. The molecule has 3 atom stereocenters. The maximum Gasteiger partial charge on any atom is 0.310 e. The number of cyclic esters (lactones) is 1. The fourth-order valence-electron chi connectivity index (χ4n) is 2.50. The predicted molar refractivity (Wildman–Crippen MR) is 56.4 cm³/mol. The van der Waals surface area contributed by atoms with Gasteiger partial charge in [-0.15, -0.1) is 0 Å². The number of rotatable bonds is 2. The van der Waals surface area contributed by atoms with E-state index in [9.17, 15) is 9.59 Å². The van der Waals surface area contributed by atoms with Crippen LogP contribution in [0.1, 0.15) is 20.3 Å². The standard InChI is InChI=1S/C12H16O4/c1-3-15-11(13)8-5-4-7(2)9-6-16-12(14)10(8)9/h4,8-10H,3,5-6H2,1-2H3/t8-,9+,10+/m0/s1. The van der Waals surface area contributed by atoms with E-state index in [1.54, 1.807) is 6.92 Å². The van der Waals surface area contributed by atoms with Crippen molar-refractivity contribution in [3.8, 4) is 0 Å². The molecule has 1 aliphatic carbocycles. The second-order valence-corrected chi connectivity index (χ2v) is 4.30. The van der Waals surface area contributed by atoms with Gasteiger partial charge in [0.1, 0.15) is 0 Å². The summed E-state index contributed by atoms with van der Waals surface area (Å²) in [7, 11) is 0. The van der Waals surface area contributed by atoms with E-state index in [0.717, 1.165) is 5.57 Å². The highest BCUT2D eigenvalue weighted by Gasteiger charge is 2.48. The van der Waals surface area contributed by atoms with Gasteiger partial charge in [-0.1, -0.05) is 11.6 Å². The van der Waals surface area contributed by atoms with Gasteiger partial charge in [-0.2, -0.15) is 0 Å². The second kappa shape index (κ2) is 4.28. The first-order chi connectivity index (χ1) is 7.65. The number of ether oxygens (including phenoxy) is 2. The Kier molecular flexibility index (Phi) is 2.99. The second-order valence-electron chi connectivity index (χ2n) is 4.30. The van der Waals surface area contributed by atoms with Gasteiger partial charge in [0.15, 0.2) is 0 Å². The number of esters is 2. The van der Waals surface area contributed by atoms with Gasteiger partial charge in [-0.3, -0.25) is 9.59 Å². The Labute approximate surface area is 94.6 Å². The zero-order valence-corrected chi connectivity index (χ0v) is 9.56. The third kappa shape index (κ3) is 1.72. The van der Waals surface area contributed by atoms with Crippen LogP contribution in [-0.4, -0.2) is 25.2 Å². The smallest absolute Gasteiger partial charge is 0.310 e. The van der Waals surface area contributed by atoms with Crippen molar-refractivity contribution in [1.29, 1.82) is 0 Å². The molecular formula is C12H16O4. The fraction of sp³-hybridized carbons (Fsp3) is 0.667. The summed E-state index contributed by atoms with van der Waals surface area (Å²) in [5, 5.41) is 0. The molecule has 0 unspecified atom stereocenters. The third-order valence-electron chi connectivity index (χ3n) is 3.41. The number of hydrogen-bond donors (Lipinski definition) is 0. The zero-order chi connectivity index (χ0) is 11.7. The number of allylic oxidation sites excluding steroid dienone is 1. The Hall–Kier alpha value is -1.32. The lowest BCUT2D eigenvalue weighted by atomic mass is 9.74. The number of carbonyl (C=O) groups excluding carboxylic acids is 2. The fourth-order valence-corrected chi connectivity index (χ4v) is 2.50. The summed E-state index contributed by atoms with van der Waals surface area (Å²) in [5.41, 5.74) is 1.15. The van der Waals surface area contributed by atoms with Crippen molar-refractivity contribution in [2.45, 2.75) is 20.3 Å². The van der Waals surface area contributed by atoms with Gasteiger partial charge < -0.3 is 9.47 Å². The summed E-state index contributed by atoms with van der Waals surface area (Å²) in [6, 6.07) is 0. The van der Waals surface area contributed by atoms with E-state index >= 15 is 0 Å². The molecule has 1 fully saturated rings. The van der Waals surface area contributed by atoms with E-state index in [4.69, 9.17) is 9.47 Å². The first-order valence-electron chi connectivity index (χ1n) is 5.65. The Balaban J connectivity index is 2.21. The maximum absolute atomic E-state index is 11.7. The highest BCUT2D eigenvalue weighted by Crippen LogP contribution is 2.40. The van der Waals surface area contributed by atoms with Crippen LogP contribution in [0.5, 0.6) is 0 Å². The molecule has 0 aromatic heterocycles. The van der Waals surface area contributed by atoms with E-state index in [0.29, 0.717) is 19.6 Å². The molecule has 88 valence electrons. The Morgan fingerprint density at radius 1 is 1.62 bits per heavy atom. The Morgan fingerprint density at radius 2 is 2.38 bits per heavy atom. The SMILES string of the molecule is CCOC(=O)[C@H]1CC=C(C)[C@H]2COC(=O)[C@H]12. The molecule has 1 saturated heterocycles. The van der Waals surface area contributed by atoms with Crippen molar-refractivity contribution in [3.63, 3.8) is 0 Å². The molecule has 2 rings (SSSR count). The minimum Gasteiger partial charge on any atom is -0.466 e. The first kappa shape index (κ1) is 11.2. The van der Waals surface area contributed by atoms with Crippen molar-refractivity contribution < 1.29 is 19.1 Å². The molecule has 16 heavy (non-hydrogen) atoms. The van der Waals surface area contributed by atoms with Crippen LogP contribution in [0, 0.1) is 17.8 Å². The molecule has 0 bridgehead atoms. The molecular weight excluding hydrogens is 208 g/mol. The van der Waals surface area contributed by atoms with Gasteiger partial charge >= 0.3 is 11.9 Å². The van der Waals surface area contributed by atoms with Gasteiger partial charge in [0.2, 0.25) is 0 Å². The summed E-state index contributed by atoms with van der Waals surface area (Å²) >= 11 is 0.